The van der Waals surface area contributed by atoms with Crippen LogP contribution in [0.25, 0.3) is 10.8 Å². The zero-order chi connectivity index (χ0) is 15.6. The lowest BCUT2D eigenvalue weighted by Crippen LogP contribution is -2.40. The maximum Gasteiger partial charge on any atom is 0.307 e. The van der Waals surface area contributed by atoms with Crippen LogP contribution in [-0.4, -0.2) is 30.5 Å². The molecule has 2 unspecified atom stereocenters. The second-order valence-electron chi connectivity index (χ2n) is 4.89. The lowest BCUT2D eigenvalue weighted by atomic mass is 10.1. The maximum absolute atomic E-state index is 12.5. The first kappa shape index (κ1) is 15.4. The van der Waals surface area contributed by atoms with Crippen LogP contribution in [0.2, 0.25) is 0 Å². The van der Waals surface area contributed by atoms with Crippen LogP contribution in [-0.2, 0) is 14.8 Å². The maximum atomic E-state index is 12.5. The Balaban J connectivity index is 2.41. The highest BCUT2D eigenvalue weighted by Gasteiger charge is 2.26. The second kappa shape index (κ2) is 5.79. The van der Waals surface area contributed by atoms with Crippen molar-refractivity contribution in [2.24, 2.45) is 5.92 Å². The predicted molar refractivity (Wildman–Crippen MR) is 78.3 cm³/mol. The van der Waals surface area contributed by atoms with Crippen molar-refractivity contribution in [2.45, 2.75) is 24.8 Å². The number of hydrogen-bond acceptors (Lipinski definition) is 4. The molecule has 2 atom stereocenters. The van der Waals surface area contributed by atoms with Crippen LogP contribution in [0.15, 0.2) is 41.6 Å². The van der Waals surface area contributed by atoms with Gasteiger partial charge in [0.15, 0.2) is 0 Å². The van der Waals surface area contributed by atoms with Gasteiger partial charge in [0, 0.05) is 29.2 Å². The Morgan fingerprint density at radius 2 is 2.00 bits per heavy atom. The summed E-state index contributed by atoms with van der Waals surface area (Å²) in [5.74, 6) is -1.87. The van der Waals surface area contributed by atoms with E-state index in [4.69, 9.17) is 5.11 Å². The highest BCUT2D eigenvalue weighted by molar-refractivity contribution is 7.89. The molecule has 0 spiro atoms. The molecule has 0 aliphatic rings. The van der Waals surface area contributed by atoms with Crippen LogP contribution >= 0.6 is 0 Å². The molecule has 2 rings (SSSR count). The van der Waals surface area contributed by atoms with Crippen molar-refractivity contribution >= 4 is 26.8 Å². The molecule has 0 bridgehead atoms. The van der Waals surface area contributed by atoms with E-state index in [0.717, 1.165) is 0 Å². The summed E-state index contributed by atoms with van der Waals surface area (Å²) in [5, 5.41) is 10.2. The molecule has 0 amide bonds. The summed E-state index contributed by atoms with van der Waals surface area (Å²) in [7, 11) is -3.81. The average Bonchev–Trinajstić information content (AvgIpc) is 2.45. The Morgan fingerprint density at radius 3 is 2.67 bits per heavy atom. The Kier molecular flexibility index (Phi) is 4.24. The van der Waals surface area contributed by atoms with Crippen LogP contribution in [0.3, 0.4) is 0 Å². The molecule has 0 radical (unpaired) electrons. The number of nitrogens with zero attached hydrogens (tertiary/aromatic N) is 1. The SMILES string of the molecule is CC(NS(=O)(=O)c1cccc2cnccc12)C(C)C(=O)O. The lowest BCUT2D eigenvalue weighted by molar-refractivity contribution is -0.141. The number of fused-ring (bicyclic) bond motifs is 1. The first-order valence-electron chi connectivity index (χ1n) is 6.41. The minimum Gasteiger partial charge on any atom is -0.481 e. The third-order valence-electron chi connectivity index (χ3n) is 3.41. The summed E-state index contributed by atoms with van der Waals surface area (Å²) in [6.07, 6.45) is 3.10. The summed E-state index contributed by atoms with van der Waals surface area (Å²) in [4.78, 5) is 15.0. The monoisotopic (exact) mass is 308 g/mol. The molecular formula is C14H16N2O4S. The van der Waals surface area contributed by atoms with Crippen LogP contribution in [0.5, 0.6) is 0 Å². The predicted octanol–water partition coefficient (Wildman–Crippen LogP) is 1.62. The summed E-state index contributed by atoms with van der Waals surface area (Å²) in [6, 6.07) is 5.79. The van der Waals surface area contributed by atoms with Gasteiger partial charge in [-0.1, -0.05) is 19.1 Å². The van der Waals surface area contributed by atoms with Gasteiger partial charge in [0.1, 0.15) is 0 Å². The Morgan fingerprint density at radius 1 is 1.29 bits per heavy atom. The van der Waals surface area contributed by atoms with E-state index in [0.29, 0.717) is 10.8 Å². The number of rotatable bonds is 5. The van der Waals surface area contributed by atoms with Crippen molar-refractivity contribution in [3.63, 3.8) is 0 Å². The number of hydrogen-bond donors (Lipinski definition) is 2. The normalized spacial score (nSPS) is 14.8. The number of carbonyl (C=O) groups is 1. The number of benzene rings is 1. The molecule has 1 aromatic heterocycles. The van der Waals surface area contributed by atoms with Crippen molar-refractivity contribution in [2.75, 3.05) is 0 Å². The first-order valence-corrected chi connectivity index (χ1v) is 7.89. The second-order valence-corrected chi connectivity index (χ2v) is 6.57. The number of aromatic nitrogens is 1. The Hall–Kier alpha value is -1.99. The summed E-state index contributed by atoms with van der Waals surface area (Å²) in [5.41, 5.74) is 0. The quantitative estimate of drug-likeness (QED) is 0.875. The van der Waals surface area contributed by atoms with Gasteiger partial charge in [0.05, 0.1) is 10.8 Å². The highest BCUT2D eigenvalue weighted by Crippen LogP contribution is 2.22. The van der Waals surface area contributed by atoms with Crippen molar-refractivity contribution in [3.05, 3.63) is 36.7 Å². The van der Waals surface area contributed by atoms with Crippen molar-refractivity contribution in [1.29, 1.82) is 0 Å². The Bertz CT molecular complexity index is 768. The molecule has 0 fully saturated rings. The molecule has 6 nitrogen and oxygen atoms in total. The molecule has 2 aromatic rings. The highest BCUT2D eigenvalue weighted by atomic mass is 32.2. The third kappa shape index (κ3) is 3.20. The summed E-state index contributed by atoms with van der Waals surface area (Å²) in [6.45, 7) is 2.99. The van der Waals surface area contributed by atoms with E-state index < -0.39 is 28.0 Å². The van der Waals surface area contributed by atoms with E-state index in [2.05, 4.69) is 9.71 Å². The smallest absolute Gasteiger partial charge is 0.307 e. The van der Waals surface area contributed by atoms with E-state index >= 15 is 0 Å². The molecule has 0 aliphatic heterocycles. The fourth-order valence-electron chi connectivity index (χ4n) is 1.95. The van der Waals surface area contributed by atoms with Crippen molar-refractivity contribution in [3.8, 4) is 0 Å². The number of carboxylic acids is 1. The minimum absolute atomic E-state index is 0.117. The molecule has 112 valence electrons. The number of sulfonamides is 1. The van der Waals surface area contributed by atoms with Gasteiger partial charge in [-0.05, 0) is 19.1 Å². The fourth-order valence-corrected chi connectivity index (χ4v) is 3.50. The van der Waals surface area contributed by atoms with Crippen LogP contribution < -0.4 is 4.72 Å². The standard InChI is InChI=1S/C14H16N2O4S/c1-9(14(17)18)10(2)16-21(19,20)13-5-3-4-11-8-15-7-6-12(11)13/h3-10,16H,1-2H3,(H,17,18). The lowest BCUT2D eigenvalue weighted by Gasteiger charge is -2.18. The van der Waals surface area contributed by atoms with Gasteiger partial charge in [-0.3, -0.25) is 9.78 Å². The van der Waals surface area contributed by atoms with Gasteiger partial charge in [-0.25, -0.2) is 13.1 Å². The van der Waals surface area contributed by atoms with Gasteiger partial charge in [-0.2, -0.15) is 0 Å². The molecule has 1 heterocycles. The number of nitrogens with one attached hydrogen (secondary N) is 1. The van der Waals surface area contributed by atoms with Gasteiger partial charge >= 0.3 is 5.97 Å². The number of pyridine rings is 1. The van der Waals surface area contributed by atoms with E-state index in [1.54, 1.807) is 24.4 Å². The van der Waals surface area contributed by atoms with Crippen LogP contribution in [0, 0.1) is 5.92 Å². The van der Waals surface area contributed by atoms with E-state index in [1.807, 2.05) is 0 Å². The van der Waals surface area contributed by atoms with Crippen molar-refractivity contribution in [1.82, 2.24) is 9.71 Å². The van der Waals surface area contributed by atoms with Crippen LogP contribution in [0.4, 0.5) is 0 Å². The van der Waals surface area contributed by atoms with E-state index in [9.17, 15) is 13.2 Å². The molecule has 21 heavy (non-hydrogen) atoms. The first-order chi connectivity index (χ1) is 9.83. The fraction of sp³-hybridized carbons (Fsp3) is 0.286. The average molecular weight is 308 g/mol. The third-order valence-corrected chi connectivity index (χ3v) is 5.03. The summed E-state index contributed by atoms with van der Waals surface area (Å²) < 4.78 is 27.3. The summed E-state index contributed by atoms with van der Waals surface area (Å²) >= 11 is 0. The number of carboxylic acid groups (broad SMARTS) is 1. The molecule has 0 saturated heterocycles. The van der Waals surface area contributed by atoms with Crippen molar-refractivity contribution < 1.29 is 18.3 Å². The van der Waals surface area contributed by atoms with Gasteiger partial charge in [0.2, 0.25) is 10.0 Å². The van der Waals surface area contributed by atoms with Gasteiger partial charge in [-0.15, -0.1) is 0 Å². The van der Waals surface area contributed by atoms with E-state index in [-0.39, 0.29) is 4.90 Å². The molecular weight excluding hydrogens is 292 g/mol. The zero-order valence-electron chi connectivity index (χ0n) is 11.6. The van der Waals surface area contributed by atoms with Gasteiger partial charge in [0.25, 0.3) is 0 Å². The van der Waals surface area contributed by atoms with Gasteiger partial charge < -0.3 is 5.11 Å². The van der Waals surface area contributed by atoms with E-state index in [1.165, 1.54) is 26.1 Å². The largest absolute Gasteiger partial charge is 0.481 e. The molecule has 2 N–H and O–H groups in total. The zero-order valence-corrected chi connectivity index (χ0v) is 12.5. The topological polar surface area (TPSA) is 96.4 Å². The molecule has 1 aromatic carbocycles. The molecule has 7 heteroatoms. The Labute approximate surface area is 122 Å². The molecule has 0 aliphatic carbocycles. The molecule has 0 saturated carbocycles. The van der Waals surface area contributed by atoms with Crippen LogP contribution in [0.1, 0.15) is 13.8 Å². The number of aliphatic carboxylic acids is 1. The minimum atomic E-state index is -3.81.